The average Bonchev–Trinajstić information content (AvgIpc) is 2.71. The van der Waals surface area contributed by atoms with Crippen LogP contribution in [0.25, 0.3) is 0 Å². The second-order valence-electron chi connectivity index (χ2n) is 7.09. The first-order chi connectivity index (χ1) is 13.5. The molecular formula is C20H25BN2O5. The number of carbonyl (C=O) groups excluding carboxylic acids is 1. The third-order valence-electron chi connectivity index (χ3n) is 5.08. The fraction of sp³-hybridized carbons (Fsp3) is 0.400. The van der Waals surface area contributed by atoms with Gasteiger partial charge < -0.3 is 24.8 Å². The van der Waals surface area contributed by atoms with Gasteiger partial charge in [-0.25, -0.2) is 4.98 Å². The van der Waals surface area contributed by atoms with E-state index in [1.807, 2.05) is 0 Å². The number of carbonyl (C=O) groups is 1. The summed E-state index contributed by atoms with van der Waals surface area (Å²) in [5.74, 6) is -0.0224. The summed E-state index contributed by atoms with van der Waals surface area (Å²) >= 11 is 0. The highest BCUT2D eigenvalue weighted by Crippen LogP contribution is 2.29. The molecule has 1 atom stereocenters. The lowest BCUT2D eigenvalue weighted by atomic mass is 9.66. The molecule has 0 aliphatic carbocycles. The number of phenols is 1. The molecule has 1 fully saturated rings. The van der Waals surface area contributed by atoms with Gasteiger partial charge in [0.05, 0.1) is 13.2 Å². The molecule has 0 amide bonds. The van der Waals surface area contributed by atoms with E-state index in [1.165, 1.54) is 6.20 Å². The first-order valence-electron chi connectivity index (χ1n) is 9.41. The first kappa shape index (κ1) is 20.3. The van der Waals surface area contributed by atoms with Gasteiger partial charge in [0, 0.05) is 37.1 Å². The van der Waals surface area contributed by atoms with Crippen LogP contribution < -0.4 is 4.90 Å². The molecule has 148 valence electrons. The summed E-state index contributed by atoms with van der Waals surface area (Å²) in [6, 6.07) is 8.80. The monoisotopic (exact) mass is 384 g/mol. The average molecular weight is 384 g/mol. The minimum atomic E-state index is -1.66. The number of aromatic nitrogens is 1. The van der Waals surface area contributed by atoms with E-state index in [0.29, 0.717) is 29.9 Å². The van der Waals surface area contributed by atoms with Crippen LogP contribution in [0.5, 0.6) is 5.75 Å². The maximum absolute atomic E-state index is 12.6. The van der Waals surface area contributed by atoms with Crippen LogP contribution in [-0.4, -0.2) is 59.3 Å². The van der Waals surface area contributed by atoms with Gasteiger partial charge in [-0.1, -0.05) is 18.2 Å². The third-order valence-corrected chi connectivity index (χ3v) is 5.08. The molecule has 28 heavy (non-hydrogen) atoms. The Morgan fingerprint density at radius 1 is 1.25 bits per heavy atom. The van der Waals surface area contributed by atoms with Gasteiger partial charge in [0.1, 0.15) is 11.6 Å². The van der Waals surface area contributed by atoms with Crippen LogP contribution in [0.2, 0.25) is 5.82 Å². The van der Waals surface area contributed by atoms with Crippen molar-refractivity contribution in [2.75, 3.05) is 31.2 Å². The van der Waals surface area contributed by atoms with Crippen LogP contribution in [0, 0.1) is 6.92 Å². The van der Waals surface area contributed by atoms with E-state index in [4.69, 9.17) is 4.74 Å². The number of phenolic OH excluding ortho intramolecular Hbond substituents is 1. The number of anilines is 1. The molecule has 1 saturated heterocycles. The number of morpholine rings is 1. The highest BCUT2D eigenvalue weighted by Gasteiger charge is 2.28. The standard InChI is InChI=1S/C20H25BN2O5/c1-14-3-2-4-15(20(14)25)11-17(21(26)27)12-18(24)16-5-6-19(22-13-16)23-7-9-28-10-8-23/h2-6,13,17,25-27H,7-12H2,1H3. The Morgan fingerprint density at radius 2 is 2.00 bits per heavy atom. The maximum Gasteiger partial charge on any atom is 0.455 e. The van der Waals surface area contributed by atoms with Gasteiger partial charge in [0.15, 0.2) is 5.78 Å². The van der Waals surface area contributed by atoms with E-state index < -0.39 is 12.9 Å². The maximum atomic E-state index is 12.6. The Balaban J connectivity index is 1.67. The van der Waals surface area contributed by atoms with Gasteiger partial charge in [-0.3, -0.25) is 4.79 Å². The molecule has 1 unspecified atom stereocenters. The summed E-state index contributed by atoms with van der Waals surface area (Å²) < 4.78 is 5.33. The number of ether oxygens (including phenoxy) is 1. The van der Waals surface area contributed by atoms with Crippen LogP contribution >= 0.6 is 0 Å². The predicted octanol–water partition coefficient (Wildman–Crippen LogP) is 1.59. The Kier molecular flexibility index (Phi) is 6.67. The minimum absolute atomic E-state index is 0.0520. The number of pyridine rings is 1. The molecule has 1 aromatic heterocycles. The summed E-state index contributed by atoms with van der Waals surface area (Å²) in [6.07, 6.45) is 1.66. The van der Waals surface area contributed by atoms with Gasteiger partial charge >= 0.3 is 7.12 Å². The summed E-state index contributed by atoms with van der Waals surface area (Å²) in [5, 5.41) is 29.6. The molecule has 0 radical (unpaired) electrons. The van der Waals surface area contributed by atoms with E-state index in [2.05, 4.69) is 9.88 Å². The molecule has 8 heteroatoms. The fourth-order valence-corrected chi connectivity index (χ4v) is 3.34. The SMILES string of the molecule is Cc1cccc(CC(CC(=O)c2ccc(N3CCOCC3)nc2)B(O)O)c1O. The molecule has 1 aromatic carbocycles. The predicted molar refractivity (Wildman–Crippen MR) is 107 cm³/mol. The summed E-state index contributed by atoms with van der Waals surface area (Å²) in [6.45, 7) is 4.61. The van der Waals surface area contributed by atoms with Crippen molar-refractivity contribution >= 4 is 18.7 Å². The van der Waals surface area contributed by atoms with E-state index in [0.717, 1.165) is 18.9 Å². The van der Waals surface area contributed by atoms with Crippen LogP contribution in [0.3, 0.4) is 0 Å². The van der Waals surface area contributed by atoms with Gasteiger partial charge in [-0.05, 0) is 36.6 Å². The Morgan fingerprint density at radius 3 is 2.64 bits per heavy atom. The van der Waals surface area contributed by atoms with Crippen molar-refractivity contribution < 1.29 is 24.7 Å². The zero-order chi connectivity index (χ0) is 20.1. The Hall–Kier alpha value is -2.42. The van der Waals surface area contributed by atoms with Crippen molar-refractivity contribution in [1.29, 1.82) is 0 Å². The van der Waals surface area contributed by atoms with Gasteiger partial charge in [-0.15, -0.1) is 0 Å². The second-order valence-corrected chi connectivity index (χ2v) is 7.09. The van der Waals surface area contributed by atoms with Gasteiger partial charge in [0.2, 0.25) is 0 Å². The van der Waals surface area contributed by atoms with Crippen LogP contribution in [0.15, 0.2) is 36.5 Å². The lowest BCUT2D eigenvalue weighted by molar-refractivity contribution is 0.0975. The molecule has 3 rings (SSSR count). The molecular weight excluding hydrogens is 359 g/mol. The highest BCUT2D eigenvalue weighted by molar-refractivity contribution is 6.43. The number of Topliss-reactive ketones (excluding diaryl/α,β-unsaturated/α-hetero) is 1. The van der Waals surface area contributed by atoms with E-state index in [9.17, 15) is 19.9 Å². The van der Waals surface area contributed by atoms with Crippen LogP contribution in [-0.2, 0) is 11.2 Å². The van der Waals surface area contributed by atoms with E-state index in [1.54, 1.807) is 37.3 Å². The van der Waals surface area contributed by atoms with Crippen molar-refractivity contribution in [1.82, 2.24) is 4.98 Å². The number of nitrogens with zero attached hydrogens (tertiary/aromatic N) is 2. The number of hydrogen-bond acceptors (Lipinski definition) is 7. The number of aromatic hydroxyl groups is 1. The van der Waals surface area contributed by atoms with Crippen molar-refractivity contribution in [3.8, 4) is 5.75 Å². The van der Waals surface area contributed by atoms with E-state index >= 15 is 0 Å². The molecule has 0 saturated carbocycles. The Labute approximate surface area is 164 Å². The Bertz CT molecular complexity index is 807. The molecule has 1 aliphatic rings. The molecule has 1 aliphatic heterocycles. The normalized spacial score (nSPS) is 15.3. The number of ketones is 1. The number of benzene rings is 1. The molecule has 2 heterocycles. The third kappa shape index (κ3) is 4.89. The number of aryl methyl sites for hydroxylation is 1. The van der Waals surface area contributed by atoms with E-state index in [-0.39, 0.29) is 24.4 Å². The number of hydrogen-bond donors (Lipinski definition) is 3. The topological polar surface area (TPSA) is 103 Å². The second kappa shape index (κ2) is 9.19. The zero-order valence-electron chi connectivity index (χ0n) is 15.9. The zero-order valence-corrected chi connectivity index (χ0v) is 15.9. The van der Waals surface area contributed by atoms with Crippen molar-refractivity contribution in [3.63, 3.8) is 0 Å². The number of rotatable bonds is 7. The molecule has 0 bridgehead atoms. The molecule has 3 N–H and O–H groups in total. The quantitative estimate of drug-likeness (QED) is 0.492. The van der Waals surface area contributed by atoms with Crippen molar-refractivity contribution in [3.05, 3.63) is 53.2 Å². The van der Waals surface area contributed by atoms with Crippen LogP contribution in [0.1, 0.15) is 27.9 Å². The van der Waals surface area contributed by atoms with Gasteiger partial charge in [0.25, 0.3) is 0 Å². The molecule has 0 spiro atoms. The fourth-order valence-electron chi connectivity index (χ4n) is 3.34. The summed E-state index contributed by atoms with van der Waals surface area (Å²) in [4.78, 5) is 19.1. The first-order valence-corrected chi connectivity index (χ1v) is 9.41. The summed E-state index contributed by atoms with van der Waals surface area (Å²) in [5.41, 5.74) is 1.72. The lowest BCUT2D eigenvalue weighted by Gasteiger charge is -2.27. The minimum Gasteiger partial charge on any atom is -0.507 e. The summed E-state index contributed by atoms with van der Waals surface area (Å²) in [7, 11) is -1.66. The van der Waals surface area contributed by atoms with Gasteiger partial charge in [-0.2, -0.15) is 0 Å². The highest BCUT2D eigenvalue weighted by atomic mass is 16.5. The smallest absolute Gasteiger partial charge is 0.455 e. The van der Waals surface area contributed by atoms with Crippen molar-refractivity contribution in [2.24, 2.45) is 0 Å². The molecule has 7 nitrogen and oxygen atoms in total. The lowest BCUT2D eigenvalue weighted by Crippen LogP contribution is -2.36. The van der Waals surface area contributed by atoms with Crippen LogP contribution in [0.4, 0.5) is 5.82 Å². The number of para-hydroxylation sites is 1. The molecule has 2 aromatic rings. The largest absolute Gasteiger partial charge is 0.507 e. The van der Waals surface area contributed by atoms with Crippen molar-refractivity contribution in [2.45, 2.75) is 25.6 Å².